The van der Waals surface area contributed by atoms with Crippen molar-refractivity contribution in [1.82, 2.24) is 4.72 Å². The fourth-order valence-electron chi connectivity index (χ4n) is 3.12. The molecule has 2 aromatic carbocycles. The maximum atomic E-state index is 12.9. The van der Waals surface area contributed by atoms with Crippen LogP contribution in [0.3, 0.4) is 0 Å². The van der Waals surface area contributed by atoms with E-state index in [2.05, 4.69) is 10.8 Å². The molecule has 0 aromatic heterocycles. The van der Waals surface area contributed by atoms with Crippen molar-refractivity contribution in [2.24, 2.45) is 0 Å². The second-order valence-electron chi connectivity index (χ2n) is 6.29. The van der Waals surface area contributed by atoms with Crippen molar-refractivity contribution in [2.45, 2.75) is 45.6 Å². The van der Waals surface area contributed by atoms with Gasteiger partial charge in [0, 0.05) is 6.04 Å². The minimum absolute atomic E-state index is 0.309. The van der Waals surface area contributed by atoms with Crippen molar-refractivity contribution in [3.8, 4) is 5.75 Å². The number of sulfonamides is 1. The molecule has 0 bridgehead atoms. The standard InChI is InChI=1S/C19H25NO3S/c1-12-7-8-18(13(2)9-12)16(5)20-24(21,22)19-14(3)10-17(23-6)11-15(19)4/h7-11,16,20H,1-6H3/t16-/m1/s1. The number of aryl methyl sites for hydroxylation is 4. The van der Waals surface area contributed by atoms with Gasteiger partial charge in [0.25, 0.3) is 0 Å². The summed E-state index contributed by atoms with van der Waals surface area (Å²) in [4.78, 5) is 0.319. The van der Waals surface area contributed by atoms with Gasteiger partial charge in [-0.05, 0) is 69.0 Å². The number of benzene rings is 2. The molecule has 0 heterocycles. The number of nitrogens with one attached hydrogen (secondary N) is 1. The zero-order valence-electron chi connectivity index (χ0n) is 15.1. The summed E-state index contributed by atoms with van der Waals surface area (Å²) in [6.45, 7) is 9.45. The Morgan fingerprint density at radius 2 is 1.54 bits per heavy atom. The van der Waals surface area contributed by atoms with Crippen LogP contribution in [0.5, 0.6) is 5.75 Å². The molecule has 5 heteroatoms. The fourth-order valence-corrected chi connectivity index (χ4v) is 4.79. The van der Waals surface area contributed by atoms with Crippen LogP contribution in [0.1, 0.15) is 40.8 Å². The minimum Gasteiger partial charge on any atom is -0.497 e. The first-order valence-electron chi connectivity index (χ1n) is 7.90. The molecule has 0 radical (unpaired) electrons. The van der Waals surface area contributed by atoms with Crippen LogP contribution in [0.2, 0.25) is 0 Å². The first kappa shape index (κ1) is 18.5. The third-order valence-electron chi connectivity index (χ3n) is 4.16. The summed E-state index contributed by atoms with van der Waals surface area (Å²) in [5, 5.41) is 0. The lowest BCUT2D eigenvalue weighted by Crippen LogP contribution is -2.28. The summed E-state index contributed by atoms with van der Waals surface area (Å²) in [7, 11) is -2.05. The largest absolute Gasteiger partial charge is 0.497 e. The average molecular weight is 347 g/mol. The SMILES string of the molecule is COc1cc(C)c(S(=O)(=O)N[C@H](C)c2ccc(C)cc2C)c(C)c1. The number of rotatable bonds is 5. The number of hydrogen-bond donors (Lipinski definition) is 1. The predicted molar refractivity (Wildman–Crippen MR) is 97.1 cm³/mol. The highest BCUT2D eigenvalue weighted by atomic mass is 32.2. The van der Waals surface area contributed by atoms with E-state index >= 15 is 0 Å². The molecular formula is C19H25NO3S. The molecule has 0 saturated carbocycles. The van der Waals surface area contributed by atoms with Crippen LogP contribution in [0, 0.1) is 27.7 Å². The lowest BCUT2D eigenvalue weighted by molar-refractivity contribution is 0.413. The molecule has 0 spiro atoms. The Balaban J connectivity index is 2.38. The van der Waals surface area contributed by atoms with Crippen LogP contribution in [-0.2, 0) is 10.0 Å². The summed E-state index contributed by atoms with van der Waals surface area (Å²) in [6.07, 6.45) is 0. The van der Waals surface area contributed by atoms with E-state index in [-0.39, 0.29) is 6.04 Å². The molecule has 2 aromatic rings. The summed E-state index contributed by atoms with van der Waals surface area (Å²) in [5.74, 6) is 0.659. The van der Waals surface area contributed by atoms with Gasteiger partial charge in [-0.2, -0.15) is 0 Å². The van der Waals surface area contributed by atoms with Crippen molar-refractivity contribution in [3.63, 3.8) is 0 Å². The molecule has 130 valence electrons. The van der Waals surface area contributed by atoms with Crippen molar-refractivity contribution in [3.05, 3.63) is 58.1 Å². The second-order valence-corrected chi connectivity index (χ2v) is 7.94. The summed E-state index contributed by atoms with van der Waals surface area (Å²) >= 11 is 0. The quantitative estimate of drug-likeness (QED) is 0.890. The van der Waals surface area contributed by atoms with Crippen LogP contribution in [0.25, 0.3) is 0 Å². The van der Waals surface area contributed by atoms with Crippen molar-refractivity contribution in [2.75, 3.05) is 7.11 Å². The first-order valence-corrected chi connectivity index (χ1v) is 9.38. The Hall–Kier alpha value is -1.85. The highest BCUT2D eigenvalue weighted by Crippen LogP contribution is 2.27. The molecule has 1 atom stereocenters. The Bertz CT molecular complexity index is 834. The fraction of sp³-hybridized carbons (Fsp3) is 0.368. The van der Waals surface area contributed by atoms with Gasteiger partial charge < -0.3 is 4.74 Å². The molecule has 0 amide bonds. The van der Waals surface area contributed by atoms with Gasteiger partial charge in [0.2, 0.25) is 10.0 Å². The maximum Gasteiger partial charge on any atom is 0.241 e. The molecule has 2 rings (SSSR count). The Morgan fingerprint density at radius 1 is 0.958 bits per heavy atom. The van der Waals surface area contributed by atoms with E-state index in [4.69, 9.17) is 4.74 Å². The van der Waals surface area contributed by atoms with Crippen LogP contribution in [0.4, 0.5) is 0 Å². The van der Waals surface area contributed by atoms with Gasteiger partial charge in [0.1, 0.15) is 5.75 Å². The second kappa shape index (κ2) is 6.95. The summed E-state index contributed by atoms with van der Waals surface area (Å²) in [5.41, 5.74) is 4.56. The first-order chi connectivity index (χ1) is 11.2. The van der Waals surface area contributed by atoms with Crippen molar-refractivity contribution in [1.29, 1.82) is 0 Å². The smallest absolute Gasteiger partial charge is 0.241 e. The van der Waals surface area contributed by atoms with E-state index in [1.54, 1.807) is 33.1 Å². The monoisotopic (exact) mass is 347 g/mol. The van der Waals surface area contributed by atoms with E-state index in [1.807, 2.05) is 32.9 Å². The lowest BCUT2D eigenvalue weighted by atomic mass is 10.0. The van der Waals surface area contributed by atoms with Gasteiger partial charge in [-0.25, -0.2) is 13.1 Å². The van der Waals surface area contributed by atoms with Gasteiger partial charge in [-0.1, -0.05) is 23.8 Å². The van der Waals surface area contributed by atoms with Gasteiger partial charge in [-0.3, -0.25) is 0 Å². The van der Waals surface area contributed by atoms with E-state index in [9.17, 15) is 8.42 Å². The van der Waals surface area contributed by atoms with Gasteiger partial charge >= 0.3 is 0 Å². The third kappa shape index (κ3) is 3.79. The number of ether oxygens (including phenoxy) is 1. The number of hydrogen-bond acceptors (Lipinski definition) is 3. The molecule has 0 aliphatic carbocycles. The van der Waals surface area contributed by atoms with E-state index in [0.29, 0.717) is 21.8 Å². The van der Waals surface area contributed by atoms with E-state index in [1.165, 1.54) is 0 Å². The minimum atomic E-state index is -3.63. The highest BCUT2D eigenvalue weighted by molar-refractivity contribution is 7.89. The molecule has 0 unspecified atom stereocenters. The van der Waals surface area contributed by atoms with Gasteiger partial charge in [0.05, 0.1) is 12.0 Å². The Labute approximate surface area is 144 Å². The molecule has 0 saturated heterocycles. The van der Waals surface area contributed by atoms with E-state index in [0.717, 1.165) is 16.7 Å². The summed E-state index contributed by atoms with van der Waals surface area (Å²) in [6, 6.07) is 9.20. The average Bonchev–Trinajstić information content (AvgIpc) is 2.45. The van der Waals surface area contributed by atoms with Crippen LogP contribution in [-0.4, -0.2) is 15.5 Å². The lowest BCUT2D eigenvalue weighted by Gasteiger charge is -2.19. The van der Waals surface area contributed by atoms with Crippen LogP contribution in [0.15, 0.2) is 35.2 Å². The molecular weight excluding hydrogens is 322 g/mol. The molecule has 1 N–H and O–H groups in total. The third-order valence-corrected chi connectivity index (χ3v) is 6.01. The molecule has 0 fully saturated rings. The van der Waals surface area contributed by atoms with Crippen molar-refractivity contribution >= 4 is 10.0 Å². The highest BCUT2D eigenvalue weighted by Gasteiger charge is 2.23. The molecule has 4 nitrogen and oxygen atoms in total. The molecule has 24 heavy (non-hydrogen) atoms. The van der Waals surface area contributed by atoms with Crippen LogP contribution >= 0.6 is 0 Å². The topological polar surface area (TPSA) is 55.4 Å². The Morgan fingerprint density at radius 3 is 2.04 bits per heavy atom. The summed E-state index contributed by atoms with van der Waals surface area (Å²) < 4.78 is 33.8. The zero-order valence-corrected chi connectivity index (χ0v) is 15.9. The molecule has 0 aliphatic rings. The predicted octanol–water partition coefficient (Wildman–Crippen LogP) is 3.97. The maximum absolute atomic E-state index is 12.9. The Kier molecular flexibility index (Phi) is 5.35. The van der Waals surface area contributed by atoms with Gasteiger partial charge in [-0.15, -0.1) is 0 Å². The zero-order chi connectivity index (χ0) is 18.1. The molecule has 0 aliphatic heterocycles. The normalized spacial score (nSPS) is 12.9. The van der Waals surface area contributed by atoms with Crippen molar-refractivity contribution < 1.29 is 13.2 Å². The van der Waals surface area contributed by atoms with Crippen LogP contribution < -0.4 is 9.46 Å². The van der Waals surface area contributed by atoms with E-state index < -0.39 is 10.0 Å². The number of methoxy groups -OCH3 is 1. The van der Waals surface area contributed by atoms with Gasteiger partial charge in [0.15, 0.2) is 0 Å².